The Balaban J connectivity index is 1.80. The van der Waals surface area contributed by atoms with Crippen molar-refractivity contribution in [2.75, 3.05) is 11.9 Å². The topological polar surface area (TPSA) is 161 Å². The Kier molecular flexibility index (Phi) is 8.11. The van der Waals surface area contributed by atoms with E-state index in [1.54, 1.807) is 5.43 Å². The van der Waals surface area contributed by atoms with E-state index in [0.29, 0.717) is 18.0 Å². The Morgan fingerprint density at radius 1 is 1.07 bits per heavy atom. The Hall–Kier alpha value is -3.67. The van der Waals surface area contributed by atoms with Gasteiger partial charge in [0.05, 0.1) is 5.69 Å². The molecule has 0 fully saturated rings. The third-order valence-electron chi connectivity index (χ3n) is 3.79. The average molecular weight is 435 g/mol. The van der Waals surface area contributed by atoms with Crippen LogP contribution in [-0.2, 0) is 24.1 Å². The Labute approximate surface area is 175 Å². The number of aromatic nitrogens is 1. The highest BCUT2D eigenvalue weighted by Gasteiger charge is 2.21. The number of hydrogen-bond donors (Lipinski definition) is 5. The zero-order valence-electron chi connectivity index (χ0n) is 16.0. The third-order valence-corrected chi connectivity index (χ3v) is 4.60. The molecule has 0 unspecified atom stereocenters. The molecule has 0 atom stereocenters. The predicted molar refractivity (Wildman–Crippen MR) is 108 cm³/mol. The van der Waals surface area contributed by atoms with Crippen molar-refractivity contribution >= 4 is 40.6 Å². The lowest BCUT2D eigenvalue weighted by atomic mass is 10.0. The predicted octanol–water partition coefficient (Wildman–Crippen LogP) is 2.30. The maximum absolute atomic E-state index is 11.6. The molecule has 2 rings (SSSR count). The van der Waals surface area contributed by atoms with Crippen molar-refractivity contribution in [1.29, 1.82) is 0 Å². The zero-order chi connectivity index (χ0) is 22.1. The molecule has 1 heterocycles. The summed E-state index contributed by atoms with van der Waals surface area (Å²) in [6.07, 6.45) is -1.69. The van der Waals surface area contributed by atoms with Gasteiger partial charge in [0.25, 0.3) is 0 Å². The lowest BCUT2D eigenvalue weighted by Crippen LogP contribution is -2.52. The van der Waals surface area contributed by atoms with Crippen LogP contribution in [0.2, 0.25) is 0 Å². The van der Waals surface area contributed by atoms with Crippen LogP contribution < -0.4 is 16.1 Å². The summed E-state index contributed by atoms with van der Waals surface area (Å²) in [6, 6.07) is 6.81. The van der Waals surface area contributed by atoms with Crippen molar-refractivity contribution < 1.29 is 29.4 Å². The van der Waals surface area contributed by atoms with Crippen molar-refractivity contribution in [3.8, 4) is 0 Å². The molecule has 12 heteroatoms. The van der Waals surface area contributed by atoms with Crippen LogP contribution in [-0.4, -0.2) is 50.9 Å². The molecule has 0 spiro atoms. The monoisotopic (exact) mass is 435 g/mol. The number of anilines is 1. The maximum atomic E-state index is 11.6. The van der Waals surface area contributed by atoms with Gasteiger partial charge in [-0.2, -0.15) is 0 Å². The number of thiazole rings is 1. The normalized spacial score (nSPS) is 10.2. The molecule has 0 saturated heterocycles. The summed E-state index contributed by atoms with van der Waals surface area (Å²) in [5.74, 6) is -0.162. The first-order valence-corrected chi connectivity index (χ1v) is 9.73. The fourth-order valence-corrected chi connectivity index (χ4v) is 3.27. The fourth-order valence-electron chi connectivity index (χ4n) is 2.48. The Morgan fingerprint density at radius 2 is 1.73 bits per heavy atom. The lowest BCUT2D eigenvalue weighted by Gasteiger charge is -2.15. The molecule has 5 amide bonds. The van der Waals surface area contributed by atoms with Crippen LogP contribution in [0.3, 0.4) is 0 Å². The van der Waals surface area contributed by atoms with Crippen molar-refractivity contribution in [2.45, 2.75) is 26.2 Å². The van der Waals surface area contributed by atoms with Gasteiger partial charge in [0.1, 0.15) is 0 Å². The van der Waals surface area contributed by atoms with Gasteiger partial charge in [-0.25, -0.2) is 24.8 Å². The van der Waals surface area contributed by atoms with E-state index >= 15 is 0 Å². The molecule has 1 aromatic carbocycles. The second kappa shape index (κ2) is 10.8. The molecular weight excluding hydrogens is 414 g/mol. The SMILES string of the molecule is CC(=O)Nc1nc(CCc2cccc(CCNC(=O)NN(C(=O)O)C(=O)O)c2)cs1. The zero-order valence-corrected chi connectivity index (χ0v) is 16.9. The van der Waals surface area contributed by atoms with Gasteiger partial charge in [-0.3, -0.25) is 4.79 Å². The maximum Gasteiger partial charge on any atom is 0.436 e. The van der Waals surface area contributed by atoms with E-state index in [4.69, 9.17) is 10.2 Å². The minimum absolute atomic E-state index is 0.162. The van der Waals surface area contributed by atoms with Crippen molar-refractivity contribution in [3.05, 3.63) is 46.5 Å². The van der Waals surface area contributed by atoms with Gasteiger partial charge >= 0.3 is 18.2 Å². The van der Waals surface area contributed by atoms with E-state index in [2.05, 4.69) is 15.6 Å². The van der Waals surface area contributed by atoms with Crippen molar-refractivity contribution in [2.24, 2.45) is 0 Å². The van der Waals surface area contributed by atoms with E-state index < -0.39 is 18.2 Å². The number of nitrogens with one attached hydrogen (secondary N) is 3. The van der Waals surface area contributed by atoms with E-state index in [-0.39, 0.29) is 17.5 Å². The number of hydrazine groups is 1. The quantitative estimate of drug-likeness (QED) is 0.417. The summed E-state index contributed by atoms with van der Waals surface area (Å²) in [4.78, 5) is 48.4. The van der Waals surface area contributed by atoms with Gasteiger partial charge in [-0.05, 0) is 30.4 Å². The number of carboxylic acid groups (broad SMARTS) is 2. The smallest absolute Gasteiger partial charge is 0.436 e. The fraction of sp³-hybridized carbons (Fsp3) is 0.278. The number of benzene rings is 1. The van der Waals surface area contributed by atoms with E-state index in [0.717, 1.165) is 23.2 Å². The van der Waals surface area contributed by atoms with Crippen LogP contribution in [0.5, 0.6) is 0 Å². The van der Waals surface area contributed by atoms with Gasteiger partial charge in [0, 0.05) is 18.8 Å². The van der Waals surface area contributed by atoms with Crippen LogP contribution >= 0.6 is 11.3 Å². The van der Waals surface area contributed by atoms with E-state index in [9.17, 15) is 19.2 Å². The van der Waals surface area contributed by atoms with Gasteiger partial charge in [0.15, 0.2) is 5.13 Å². The molecule has 1 aromatic heterocycles. The van der Waals surface area contributed by atoms with Crippen LogP contribution in [0.1, 0.15) is 23.7 Å². The summed E-state index contributed by atoms with van der Waals surface area (Å²) in [5.41, 5.74) is 4.64. The molecule has 0 aliphatic heterocycles. The molecule has 2 aromatic rings. The second-order valence-electron chi connectivity index (χ2n) is 6.16. The lowest BCUT2D eigenvalue weighted by molar-refractivity contribution is -0.114. The van der Waals surface area contributed by atoms with Gasteiger partial charge < -0.3 is 20.8 Å². The van der Waals surface area contributed by atoms with Crippen molar-refractivity contribution in [3.63, 3.8) is 0 Å². The molecule has 0 aliphatic carbocycles. The standard InChI is InChI=1S/C18H21N5O6S/c1-11(24)20-16-21-14(10-30-16)6-5-12-3-2-4-13(9-12)7-8-19-15(25)22-23(17(26)27)18(28)29/h2-4,9-10H,5-8H2,1H3,(H,26,27)(H,28,29)(H2,19,22,25)(H,20,21,24). The van der Waals surface area contributed by atoms with Crippen LogP contribution in [0.15, 0.2) is 29.6 Å². The highest BCUT2D eigenvalue weighted by Crippen LogP contribution is 2.17. The first kappa shape index (κ1) is 22.6. The number of nitrogens with zero attached hydrogens (tertiary/aromatic N) is 2. The largest absolute Gasteiger partial charge is 0.463 e. The molecule has 0 saturated carbocycles. The highest BCUT2D eigenvalue weighted by molar-refractivity contribution is 7.13. The number of imide groups is 1. The van der Waals surface area contributed by atoms with E-state index in [1.807, 2.05) is 29.6 Å². The van der Waals surface area contributed by atoms with E-state index in [1.165, 1.54) is 18.3 Å². The second-order valence-corrected chi connectivity index (χ2v) is 7.02. The number of carbonyl (C=O) groups excluding carboxylic acids is 2. The van der Waals surface area contributed by atoms with Crippen LogP contribution in [0, 0.1) is 0 Å². The van der Waals surface area contributed by atoms with Crippen LogP contribution in [0.4, 0.5) is 19.5 Å². The van der Waals surface area contributed by atoms with Crippen LogP contribution in [0.25, 0.3) is 0 Å². The van der Waals surface area contributed by atoms with Gasteiger partial charge in [0.2, 0.25) is 5.91 Å². The number of rotatable bonds is 7. The Bertz CT molecular complexity index is 917. The molecule has 0 aliphatic rings. The average Bonchev–Trinajstić information content (AvgIpc) is 3.11. The number of carbonyl (C=O) groups is 4. The summed E-state index contributed by atoms with van der Waals surface area (Å²) in [7, 11) is 0. The summed E-state index contributed by atoms with van der Waals surface area (Å²) >= 11 is 1.37. The molecule has 0 radical (unpaired) electrons. The minimum atomic E-state index is -1.81. The molecule has 0 bridgehead atoms. The number of aryl methyl sites for hydroxylation is 2. The van der Waals surface area contributed by atoms with Gasteiger partial charge in [-0.1, -0.05) is 24.3 Å². The third kappa shape index (κ3) is 7.39. The molecule has 5 N–H and O–H groups in total. The molecule has 11 nitrogen and oxygen atoms in total. The highest BCUT2D eigenvalue weighted by atomic mass is 32.1. The van der Waals surface area contributed by atoms with Crippen molar-refractivity contribution in [1.82, 2.24) is 20.7 Å². The minimum Gasteiger partial charge on any atom is -0.463 e. The number of urea groups is 1. The van der Waals surface area contributed by atoms with Gasteiger partial charge in [-0.15, -0.1) is 16.3 Å². The first-order chi connectivity index (χ1) is 14.2. The molecule has 30 heavy (non-hydrogen) atoms. The molecular formula is C18H21N5O6S. The summed E-state index contributed by atoms with van der Waals surface area (Å²) in [5, 5.41) is 24.7. The number of hydrogen-bond acceptors (Lipinski definition) is 6. The Morgan fingerprint density at radius 3 is 2.37 bits per heavy atom. The first-order valence-electron chi connectivity index (χ1n) is 8.85. The number of amides is 5. The molecule has 160 valence electrons. The summed E-state index contributed by atoms with van der Waals surface area (Å²) < 4.78 is 0. The summed E-state index contributed by atoms with van der Waals surface area (Å²) in [6.45, 7) is 1.62.